The lowest BCUT2D eigenvalue weighted by Gasteiger charge is -2.61. The van der Waals surface area contributed by atoms with Gasteiger partial charge in [-0.3, -0.25) is 9.59 Å². The lowest BCUT2D eigenvalue weighted by molar-refractivity contribution is -0.354. The molecule has 1 aromatic heterocycles. The number of carbonyl (C=O) groups is 2. The van der Waals surface area contributed by atoms with E-state index >= 15 is 4.79 Å². The summed E-state index contributed by atoms with van der Waals surface area (Å²) in [7, 11) is 2.77. The van der Waals surface area contributed by atoms with Crippen molar-refractivity contribution in [2.75, 3.05) is 23.6 Å². The maximum atomic E-state index is 15.3. The summed E-state index contributed by atoms with van der Waals surface area (Å²) in [5.74, 6) is -2.13. The maximum absolute atomic E-state index is 15.3. The minimum absolute atomic E-state index is 0.0193. The van der Waals surface area contributed by atoms with Gasteiger partial charge in [0.05, 0.1) is 30.6 Å². The molecule has 0 unspecified atom stereocenters. The number of hydrogen-bond donors (Lipinski definition) is 7. The van der Waals surface area contributed by atoms with Crippen LogP contribution in [-0.4, -0.2) is 95.1 Å². The number of rotatable bonds is 4. The zero-order valence-electron chi connectivity index (χ0n) is 32.1. The number of aliphatic hydroxyl groups excluding tert-OH is 5. The van der Waals surface area contributed by atoms with Crippen molar-refractivity contribution in [3.8, 4) is 5.75 Å². The Labute approximate surface area is 348 Å². The molecule has 3 heterocycles. The second-order valence-electron chi connectivity index (χ2n) is 17.1. The number of carbonyl (C=O) groups excluding carboxylic acids is 2. The molecule has 59 heavy (non-hydrogen) atoms. The van der Waals surface area contributed by atoms with Crippen molar-refractivity contribution < 1.29 is 49.7 Å². The van der Waals surface area contributed by atoms with Gasteiger partial charge in [0.25, 0.3) is 0 Å². The molecule has 1 saturated heterocycles. The lowest BCUT2D eigenvalue weighted by Crippen LogP contribution is -2.78. The van der Waals surface area contributed by atoms with Gasteiger partial charge in [-0.05, 0) is 84.1 Å². The summed E-state index contributed by atoms with van der Waals surface area (Å²) in [4.78, 5) is 34.8. The number of aromatic nitrogens is 1. The number of nitrogens with one attached hydrogen (secondary N) is 1. The summed E-state index contributed by atoms with van der Waals surface area (Å²) in [5.41, 5.74) is -2.36. The Bertz CT molecular complexity index is 2350. The highest BCUT2D eigenvalue weighted by atomic mass is 33.1. The van der Waals surface area contributed by atoms with Crippen molar-refractivity contribution in [2.45, 2.75) is 80.2 Å². The van der Waals surface area contributed by atoms with Crippen molar-refractivity contribution in [1.29, 1.82) is 0 Å². The third kappa shape index (κ3) is 5.57. The van der Waals surface area contributed by atoms with Crippen LogP contribution in [0.1, 0.15) is 68.7 Å². The van der Waals surface area contributed by atoms with Crippen molar-refractivity contribution in [2.24, 2.45) is 23.2 Å². The Hall–Kier alpha value is -3.99. The van der Waals surface area contributed by atoms with Gasteiger partial charge in [0.2, 0.25) is 6.29 Å². The van der Waals surface area contributed by atoms with Gasteiger partial charge in [-0.1, -0.05) is 82.6 Å². The fourth-order valence-electron chi connectivity index (χ4n) is 11.5. The minimum atomic E-state index is -2.30. The molecular weight excluding hydrogens is 793 g/mol. The predicted octanol–water partition coefficient (Wildman–Crippen LogP) is 4.73. The van der Waals surface area contributed by atoms with Gasteiger partial charge in [-0.15, -0.1) is 0 Å². The standard InChI is InChI=1S/C45H46N2O10S2/c48-20-25-5-1-4-24(14-25)15-26-16-31-37(51)29-7-2-8-32-36(29)38(52)44(31,34(50)17-26)22-58-59-23-47-35-18-30-27(19-46-35)9-10-28-6-3-12-43(28,30)33-11-13-42(21-49)41(54)45(33,55)39(53)40(56-32)57-42/h1-2,4-5,7-8,11,13-14,16-19,28,31,33,39-41,48-50,53-55H,3,6,9-10,12,15,20-23H2,(H,46,47)/t28-,31+,33-,39-,40+,41+,42+,43+,44-,45+/m0/s1. The molecule has 12 nitrogen and oxygen atoms in total. The first-order chi connectivity index (χ1) is 28.5. The molecule has 2 spiro atoms. The normalized spacial score (nSPS) is 36.9. The van der Waals surface area contributed by atoms with E-state index in [1.54, 1.807) is 36.4 Å². The van der Waals surface area contributed by atoms with E-state index in [1.165, 1.54) is 33.7 Å². The Morgan fingerprint density at radius 1 is 1.02 bits per heavy atom. The number of fused-ring (bicyclic) bond motifs is 3. The number of aryl methyl sites for hydroxylation is 1. The number of ether oxygens (including phenoxy) is 2. The number of benzene rings is 2. The average molecular weight is 839 g/mol. The summed E-state index contributed by atoms with van der Waals surface area (Å²) >= 11 is 0. The lowest BCUT2D eigenvalue weighted by atomic mass is 9.50. The van der Waals surface area contributed by atoms with Gasteiger partial charge in [0, 0.05) is 28.8 Å². The number of anilines is 1. The molecular formula is C45H46N2O10S2. The van der Waals surface area contributed by atoms with Crippen LogP contribution in [0, 0.1) is 23.2 Å². The van der Waals surface area contributed by atoms with Gasteiger partial charge in [-0.25, -0.2) is 4.98 Å². The van der Waals surface area contributed by atoms with Crippen LogP contribution in [0.2, 0.25) is 0 Å². The largest absolute Gasteiger partial charge is 0.511 e. The molecule has 3 aromatic rings. The van der Waals surface area contributed by atoms with E-state index in [1.807, 2.05) is 30.5 Å². The summed E-state index contributed by atoms with van der Waals surface area (Å²) in [6.07, 6.45) is 7.60. The quantitative estimate of drug-likeness (QED) is 0.141. The van der Waals surface area contributed by atoms with Crippen LogP contribution in [0.25, 0.3) is 0 Å². The predicted molar refractivity (Wildman–Crippen MR) is 221 cm³/mol. The third-order valence-corrected chi connectivity index (χ3v) is 16.6. The maximum Gasteiger partial charge on any atom is 0.230 e. The first kappa shape index (κ1) is 39.2. The molecule has 10 rings (SSSR count). The zero-order chi connectivity index (χ0) is 40.9. The van der Waals surface area contributed by atoms with Crippen molar-refractivity contribution in [1.82, 2.24) is 4.98 Å². The molecule has 5 aliphatic carbocycles. The molecule has 2 fully saturated rings. The fraction of sp³-hybridized carbons (Fsp3) is 0.444. The number of hydrogen-bond acceptors (Lipinski definition) is 14. The monoisotopic (exact) mass is 838 g/mol. The molecule has 308 valence electrons. The van der Waals surface area contributed by atoms with Crippen LogP contribution in [0.4, 0.5) is 5.82 Å². The smallest absolute Gasteiger partial charge is 0.230 e. The Kier molecular flexibility index (Phi) is 9.49. The van der Waals surface area contributed by atoms with E-state index in [0.717, 1.165) is 47.9 Å². The van der Waals surface area contributed by atoms with E-state index < -0.39 is 70.5 Å². The molecule has 2 aromatic carbocycles. The van der Waals surface area contributed by atoms with Crippen molar-refractivity contribution in [3.63, 3.8) is 0 Å². The number of aliphatic hydroxyl groups is 6. The SMILES string of the molecule is O=C1c2cccc3c2C(=O)[C@]2(CSSCNc4cc5c(cn4)CC[C@@H]4CCC[C@]54[C@@H]4C=C[C@]5(CO)O[C@@H](O3)[C@H](O)[C@@]4(O)[C@@H]5O)C(O)=CC(Cc3cccc(CO)c3)=C[C@H]12. The number of ketones is 2. The molecule has 7 N–H and O–H groups in total. The van der Waals surface area contributed by atoms with Crippen LogP contribution in [-0.2, 0) is 29.6 Å². The van der Waals surface area contributed by atoms with Crippen LogP contribution in [0.3, 0.4) is 0 Å². The van der Waals surface area contributed by atoms with E-state index in [4.69, 9.17) is 14.5 Å². The molecule has 7 bridgehead atoms. The van der Waals surface area contributed by atoms with Crippen LogP contribution >= 0.6 is 21.6 Å². The summed E-state index contributed by atoms with van der Waals surface area (Å²) in [5, 5.41) is 73.7. The van der Waals surface area contributed by atoms with E-state index in [9.17, 15) is 35.4 Å². The number of nitrogens with zero attached hydrogens (tertiary/aromatic N) is 1. The first-order valence-corrected chi connectivity index (χ1v) is 22.7. The fourth-order valence-corrected chi connectivity index (χ4v) is 13.8. The van der Waals surface area contributed by atoms with Gasteiger partial charge in [0.15, 0.2) is 11.6 Å². The van der Waals surface area contributed by atoms with Gasteiger partial charge >= 0.3 is 0 Å². The molecule has 7 aliphatic rings. The third-order valence-electron chi connectivity index (χ3n) is 14.4. The second kappa shape index (κ2) is 14.3. The zero-order valence-corrected chi connectivity index (χ0v) is 33.8. The molecule has 14 heteroatoms. The molecule has 10 atom stereocenters. The minimum Gasteiger partial charge on any atom is -0.511 e. The van der Waals surface area contributed by atoms with E-state index in [2.05, 4.69) is 5.32 Å². The Morgan fingerprint density at radius 3 is 2.68 bits per heavy atom. The topological polar surface area (TPSA) is 199 Å². The molecule has 1 saturated carbocycles. The highest BCUT2D eigenvalue weighted by molar-refractivity contribution is 8.76. The second-order valence-corrected chi connectivity index (χ2v) is 19.6. The van der Waals surface area contributed by atoms with Crippen molar-refractivity contribution in [3.05, 3.63) is 124 Å². The first-order valence-electron chi connectivity index (χ1n) is 20.2. The van der Waals surface area contributed by atoms with E-state index in [-0.39, 0.29) is 40.9 Å². The average Bonchev–Trinajstić information content (AvgIpc) is 3.69. The summed E-state index contributed by atoms with van der Waals surface area (Å²) in [6.45, 7) is -0.888. The van der Waals surface area contributed by atoms with Gasteiger partial charge in [-0.2, -0.15) is 0 Å². The molecule has 2 aliphatic heterocycles. The number of pyridine rings is 1. The van der Waals surface area contributed by atoms with Crippen LogP contribution < -0.4 is 10.1 Å². The summed E-state index contributed by atoms with van der Waals surface area (Å²) < 4.78 is 12.7. The van der Waals surface area contributed by atoms with Gasteiger partial charge in [0.1, 0.15) is 46.2 Å². The van der Waals surface area contributed by atoms with E-state index in [0.29, 0.717) is 30.1 Å². The highest BCUT2D eigenvalue weighted by Crippen LogP contribution is 2.63. The highest BCUT2D eigenvalue weighted by Gasteiger charge is 2.71. The number of Topliss-reactive ketones (excluding diaryl/α,β-unsaturated/α-hetero) is 2. The Morgan fingerprint density at radius 2 is 1.85 bits per heavy atom. The number of allylic oxidation sites excluding steroid dienone is 4. The summed E-state index contributed by atoms with van der Waals surface area (Å²) in [6, 6.07) is 14.0. The molecule has 0 radical (unpaired) electrons. The van der Waals surface area contributed by atoms with Crippen molar-refractivity contribution >= 4 is 39.0 Å². The van der Waals surface area contributed by atoms with Crippen LogP contribution in [0.5, 0.6) is 5.75 Å². The molecule has 0 amide bonds. The van der Waals surface area contributed by atoms with Gasteiger partial charge < -0.3 is 45.4 Å². The van der Waals surface area contributed by atoms with Crippen LogP contribution in [0.15, 0.2) is 90.4 Å². The Balaban J connectivity index is 1.11.